The number of nitrogens with zero attached hydrogens (tertiary/aromatic N) is 1. The zero-order valence-electron chi connectivity index (χ0n) is 10.4. The van der Waals surface area contributed by atoms with E-state index in [0.29, 0.717) is 0 Å². The molecule has 1 heterocycles. The van der Waals surface area contributed by atoms with Gasteiger partial charge >= 0.3 is 11.9 Å². The van der Waals surface area contributed by atoms with Crippen LogP contribution in [0.5, 0.6) is 0 Å². The monoisotopic (exact) mass is 290 g/mol. The number of ether oxygens (including phenoxy) is 1. The highest BCUT2D eigenvalue weighted by atomic mass is 32.2. The van der Waals surface area contributed by atoms with E-state index in [0.717, 1.165) is 16.6 Å². The Labute approximate surface area is 110 Å². The second-order valence-electron chi connectivity index (χ2n) is 3.71. The molecule has 19 heavy (non-hydrogen) atoms. The zero-order chi connectivity index (χ0) is 14.6. The highest BCUT2D eigenvalue weighted by Gasteiger charge is 2.23. The Morgan fingerprint density at radius 3 is 2.58 bits per heavy atom. The summed E-state index contributed by atoms with van der Waals surface area (Å²) in [5, 5.41) is 8.71. The minimum absolute atomic E-state index is 0.0530. The second kappa shape index (κ2) is 5.85. The Bertz CT molecular complexity index is 577. The van der Waals surface area contributed by atoms with E-state index in [2.05, 4.69) is 9.72 Å². The molecule has 0 saturated carbocycles. The summed E-state index contributed by atoms with van der Waals surface area (Å²) in [6.07, 6.45) is 1.01. The van der Waals surface area contributed by atoms with E-state index < -0.39 is 22.0 Å². The molecule has 0 saturated heterocycles. The maximum absolute atomic E-state index is 12.0. The Morgan fingerprint density at radius 1 is 1.47 bits per heavy atom. The fourth-order valence-electron chi connectivity index (χ4n) is 1.30. The predicted molar refractivity (Wildman–Crippen MR) is 64.2 cm³/mol. The fraction of sp³-hybridized carbons (Fsp3) is 0.400. The number of rotatable bonds is 6. The van der Waals surface area contributed by atoms with Crippen LogP contribution in [0.4, 0.5) is 0 Å². The van der Waals surface area contributed by atoms with E-state index in [1.165, 1.54) is 14.2 Å². The summed E-state index contributed by atoms with van der Waals surface area (Å²) in [4.78, 5) is 23.8. The molecule has 0 aromatic carbocycles. The first-order valence-corrected chi connectivity index (χ1v) is 6.68. The summed E-state index contributed by atoms with van der Waals surface area (Å²) in [5.41, 5.74) is -0.222. The number of hydrogen-bond donors (Lipinski definition) is 2. The van der Waals surface area contributed by atoms with Gasteiger partial charge in [0.25, 0.3) is 0 Å². The van der Waals surface area contributed by atoms with Gasteiger partial charge in [-0.2, -0.15) is 0 Å². The van der Waals surface area contributed by atoms with Crippen molar-refractivity contribution in [3.05, 3.63) is 18.0 Å². The van der Waals surface area contributed by atoms with E-state index in [9.17, 15) is 18.0 Å². The molecule has 0 fully saturated rings. The molecule has 0 spiro atoms. The number of carboxylic acids is 1. The van der Waals surface area contributed by atoms with Crippen LogP contribution in [-0.4, -0.2) is 55.5 Å². The topological polar surface area (TPSA) is 117 Å². The summed E-state index contributed by atoms with van der Waals surface area (Å²) in [7, 11) is -1.32. The standard InChI is InChI=1S/C10H14N2O6S/c1-12(4-3-9(13)18-2)19(16,17)7-5-8(10(14)15)11-6-7/h5-6,11H,3-4H2,1-2H3,(H,14,15). The van der Waals surface area contributed by atoms with Crippen LogP contribution in [0, 0.1) is 0 Å². The average molecular weight is 290 g/mol. The van der Waals surface area contributed by atoms with Crippen molar-refractivity contribution < 1.29 is 27.9 Å². The Morgan fingerprint density at radius 2 is 2.11 bits per heavy atom. The van der Waals surface area contributed by atoms with Crippen molar-refractivity contribution in [1.82, 2.24) is 9.29 Å². The number of carboxylic acid groups (broad SMARTS) is 1. The fourth-order valence-corrected chi connectivity index (χ4v) is 2.46. The van der Waals surface area contributed by atoms with E-state index in [-0.39, 0.29) is 23.6 Å². The van der Waals surface area contributed by atoms with E-state index in [1.807, 2.05) is 0 Å². The molecule has 106 valence electrons. The van der Waals surface area contributed by atoms with Crippen LogP contribution in [0.15, 0.2) is 17.2 Å². The first-order chi connectivity index (χ1) is 8.78. The van der Waals surface area contributed by atoms with Gasteiger partial charge in [0.2, 0.25) is 10.0 Å². The molecular weight excluding hydrogens is 276 g/mol. The largest absolute Gasteiger partial charge is 0.477 e. The van der Waals surface area contributed by atoms with Crippen LogP contribution < -0.4 is 0 Å². The lowest BCUT2D eigenvalue weighted by molar-refractivity contribution is -0.140. The van der Waals surface area contributed by atoms with Crippen LogP contribution >= 0.6 is 0 Å². The van der Waals surface area contributed by atoms with Crippen molar-refractivity contribution in [1.29, 1.82) is 0 Å². The van der Waals surface area contributed by atoms with Gasteiger partial charge in [-0.3, -0.25) is 4.79 Å². The lowest BCUT2D eigenvalue weighted by Gasteiger charge is -2.15. The second-order valence-corrected chi connectivity index (χ2v) is 5.75. The SMILES string of the molecule is COC(=O)CCN(C)S(=O)(=O)c1c[nH]c(C(=O)O)c1. The molecule has 0 aliphatic rings. The summed E-state index contributed by atoms with van der Waals surface area (Å²) < 4.78 is 29.4. The van der Waals surface area contributed by atoms with Crippen molar-refractivity contribution in [2.75, 3.05) is 20.7 Å². The lowest BCUT2D eigenvalue weighted by Crippen LogP contribution is -2.29. The number of carbonyl (C=O) groups is 2. The summed E-state index contributed by atoms with van der Waals surface area (Å²) in [6.45, 7) is -0.0530. The molecule has 2 N–H and O–H groups in total. The van der Waals surface area contributed by atoms with Gasteiger partial charge < -0.3 is 14.8 Å². The number of nitrogens with one attached hydrogen (secondary N) is 1. The van der Waals surface area contributed by atoms with Crippen molar-refractivity contribution in [3.8, 4) is 0 Å². The van der Waals surface area contributed by atoms with Gasteiger partial charge in [0.1, 0.15) is 10.6 Å². The maximum Gasteiger partial charge on any atom is 0.352 e. The maximum atomic E-state index is 12.0. The number of sulfonamides is 1. The normalized spacial score (nSPS) is 11.5. The van der Waals surface area contributed by atoms with Crippen molar-refractivity contribution >= 4 is 22.0 Å². The van der Waals surface area contributed by atoms with Crippen LogP contribution in [-0.2, 0) is 19.6 Å². The van der Waals surface area contributed by atoms with Gasteiger partial charge in [-0.1, -0.05) is 0 Å². The minimum atomic E-state index is -3.82. The molecule has 1 rings (SSSR count). The number of aromatic carboxylic acids is 1. The van der Waals surface area contributed by atoms with E-state index in [4.69, 9.17) is 5.11 Å². The number of esters is 1. The van der Waals surface area contributed by atoms with Gasteiger partial charge in [-0.05, 0) is 6.07 Å². The minimum Gasteiger partial charge on any atom is -0.477 e. The smallest absolute Gasteiger partial charge is 0.352 e. The lowest BCUT2D eigenvalue weighted by atomic mass is 10.4. The molecule has 0 atom stereocenters. The third-order valence-electron chi connectivity index (χ3n) is 2.45. The Kier molecular flexibility index (Phi) is 4.67. The van der Waals surface area contributed by atoms with Crippen LogP contribution in [0.2, 0.25) is 0 Å². The number of aromatic nitrogens is 1. The number of hydrogen-bond acceptors (Lipinski definition) is 5. The quantitative estimate of drug-likeness (QED) is 0.706. The molecule has 8 nitrogen and oxygen atoms in total. The molecule has 0 unspecified atom stereocenters. The molecule has 0 aliphatic carbocycles. The third-order valence-corrected chi connectivity index (χ3v) is 4.29. The zero-order valence-corrected chi connectivity index (χ0v) is 11.2. The van der Waals surface area contributed by atoms with Gasteiger partial charge in [0, 0.05) is 19.8 Å². The van der Waals surface area contributed by atoms with Gasteiger partial charge in [0.15, 0.2) is 0 Å². The third kappa shape index (κ3) is 3.55. The highest BCUT2D eigenvalue weighted by molar-refractivity contribution is 7.89. The summed E-state index contributed by atoms with van der Waals surface area (Å²) in [5.74, 6) is -1.78. The van der Waals surface area contributed by atoms with Crippen molar-refractivity contribution in [3.63, 3.8) is 0 Å². The summed E-state index contributed by atoms with van der Waals surface area (Å²) >= 11 is 0. The highest BCUT2D eigenvalue weighted by Crippen LogP contribution is 2.15. The van der Waals surface area contributed by atoms with Crippen LogP contribution in [0.25, 0.3) is 0 Å². The predicted octanol–water partition coefficient (Wildman–Crippen LogP) is -0.104. The Hall–Kier alpha value is -1.87. The van der Waals surface area contributed by atoms with Gasteiger partial charge in [-0.25, -0.2) is 17.5 Å². The summed E-state index contributed by atoms with van der Waals surface area (Å²) in [6, 6.07) is 1.02. The average Bonchev–Trinajstić information content (AvgIpc) is 2.85. The number of aromatic amines is 1. The van der Waals surface area contributed by atoms with E-state index in [1.54, 1.807) is 0 Å². The van der Waals surface area contributed by atoms with Gasteiger partial charge in [-0.15, -0.1) is 0 Å². The molecular formula is C10H14N2O6S. The molecule has 0 aliphatic heterocycles. The molecule has 1 aromatic rings. The molecule has 9 heteroatoms. The van der Waals surface area contributed by atoms with Crippen molar-refractivity contribution in [2.24, 2.45) is 0 Å². The molecule has 0 bridgehead atoms. The number of carbonyl (C=O) groups excluding carboxylic acids is 1. The van der Waals surface area contributed by atoms with Crippen LogP contribution in [0.1, 0.15) is 16.9 Å². The molecule has 0 amide bonds. The first-order valence-electron chi connectivity index (χ1n) is 5.24. The molecule has 1 aromatic heterocycles. The van der Waals surface area contributed by atoms with Crippen molar-refractivity contribution in [2.45, 2.75) is 11.3 Å². The number of methoxy groups -OCH3 is 1. The number of H-pyrrole nitrogens is 1. The van der Waals surface area contributed by atoms with Gasteiger partial charge in [0.05, 0.1) is 13.5 Å². The molecule has 0 radical (unpaired) electrons. The van der Waals surface area contributed by atoms with E-state index >= 15 is 0 Å². The Balaban J connectivity index is 2.84. The first kappa shape index (κ1) is 15.2. The van der Waals surface area contributed by atoms with Crippen LogP contribution in [0.3, 0.4) is 0 Å².